The number of aromatic nitrogens is 1. The Morgan fingerprint density at radius 2 is 2.03 bits per heavy atom. The molecule has 4 rings (SSSR count). The molecule has 2 amide bonds. The third-order valence-electron chi connectivity index (χ3n) is 5.10. The molecule has 164 valence electrons. The third kappa shape index (κ3) is 5.31. The summed E-state index contributed by atoms with van der Waals surface area (Å²) in [6.45, 7) is 1.27. The van der Waals surface area contributed by atoms with Crippen LogP contribution in [0.5, 0.6) is 11.6 Å². The zero-order valence-corrected chi connectivity index (χ0v) is 18.8. The Labute approximate surface area is 193 Å². The summed E-state index contributed by atoms with van der Waals surface area (Å²) in [6, 6.07) is 14.7. The van der Waals surface area contributed by atoms with Gasteiger partial charge in [-0.1, -0.05) is 12.1 Å². The Hall–Kier alpha value is -3.26. The number of carbonyl (C=O) groups is 2. The Kier molecular flexibility index (Phi) is 6.80. The first kappa shape index (κ1) is 22.0. The average Bonchev–Trinajstić information content (AvgIpc) is 2.78. The molecule has 1 fully saturated rings. The van der Waals surface area contributed by atoms with Crippen molar-refractivity contribution in [2.75, 3.05) is 11.9 Å². The lowest BCUT2D eigenvalue weighted by Gasteiger charge is -2.26. The minimum atomic E-state index is -0.408. The number of pyridine rings is 1. The van der Waals surface area contributed by atoms with Gasteiger partial charge >= 0.3 is 0 Å². The number of hydrogen-bond acceptors (Lipinski definition) is 4. The van der Waals surface area contributed by atoms with Crippen LogP contribution in [-0.2, 0) is 11.3 Å². The van der Waals surface area contributed by atoms with Crippen molar-refractivity contribution in [2.45, 2.75) is 25.8 Å². The fourth-order valence-corrected chi connectivity index (χ4v) is 3.93. The number of benzene rings is 2. The third-order valence-corrected chi connectivity index (χ3v) is 5.72. The maximum Gasteiger partial charge on any atom is 0.261 e. The van der Waals surface area contributed by atoms with Crippen LogP contribution in [0.4, 0.5) is 10.1 Å². The lowest BCUT2D eigenvalue weighted by molar-refractivity contribution is -0.133. The van der Waals surface area contributed by atoms with Crippen LogP contribution in [0.25, 0.3) is 0 Å². The first-order valence-electron chi connectivity index (χ1n) is 10.3. The number of ether oxygens (including phenoxy) is 1. The fourth-order valence-electron chi connectivity index (χ4n) is 3.50. The van der Waals surface area contributed by atoms with Crippen molar-refractivity contribution in [3.05, 3.63) is 82.2 Å². The molecule has 1 saturated heterocycles. The van der Waals surface area contributed by atoms with Crippen LogP contribution in [0.1, 0.15) is 35.2 Å². The largest absolute Gasteiger partial charge is 0.437 e. The molecule has 2 heterocycles. The highest BCUT2D eigenvalue weighted by Gasteiger charge is 2.19. The van der Waals surface area contributed by atoms with Gasteiger partial charge in [0, 0.05) is 31.4 Å². The maximum atomic E-state index is 13.4. The summed E-state index contributed by atoms with van der Waals surface area (Å²) < 4.78 is 19.5. The number of piperidine rings is 1. The van der Waals surface area contributed by atoms with E-state index in [1.54, 1.807) is 18.2 Å². The molecule has 0 atom stereocenters. The van der Waals surface area contributed by atoms with Gasteiger partial charge in [0.2, 0.25) is 11.8 Å². The molecule has 1 aliphatic heterocycles. The summed E-state index contributed by atoms with van der Waals surface area (Å²) in [6.07, 6.45) is 4.05. The minimum absolute atomic E-state index is 0.104. The van der Waals surface area contributed by atoms with Gasteiger partial charge in [-0.2, -0.15) is 0 Å². The van der Waals surface area contributed by atoms with Crippen molar-refractivity contribution in [1.29, 1.82) is 0 Å². The Balaban J connectivity index is 1.49. The smallest absolute Gasteiger partial charge is 0.261 e. The SMILES string of the molecule is O=C(Nc1cccc(CN2CCCCC2=O)c1)c1cccnc1Oc1ccc(F)cc1Br. The molecular formula is C24H21BrFN3O3. The van der Waals surface area contributed by atoms with Gasteiger partial charge in [0.25, 0.3) is 5.91 Å². The van der Waals surface area contributed by atoms with E-state index in [1.807, 2.05) is 23.1 Å². The standard InChI is InChI=1S/C24H21BrFN3O3/c25-20-14-17(26)9-10-21(20)32-24-19(7-4-11-27-24)23(31)28-18-6-3-5-16(13-18)15-29-12-2-1-8-22(29)30/h3-7,9-11,13-14H,1-2,8,12,15H2,(H,28,31). The maximum absolute atomic E-state index is 13.4. The molecule has 1 N–H and O–H groups in total. The number of nitrogens with one attached hydrogen (secondary N) is 1. The molecule has 8 heteroatoms. The van der Waals surface area contributed by atoms with Crippen molar-refractivity contribution in [1.82, 2.24) is 9.88 Å². The van der Waals surface area contributed by atoms with E-state index in [0.717, 1.165) is 24.9 Å². The van der Waals surface area contributed by atoms with Gasteiger partial charge in [-0.05, 0) is 76.8 Å². The predicted molar refractivity (Wildman–Crippen MR) is 122 cm³/mol. The minimum Gasteiger partial charge on any atom is -0.437 e. The number of anilines is 1. The van der Waals surface area contributed by atoms with Crippen LogP contribution >= 0.6 is 15.9 Å². The normalized spacial score (nSPS) is 13.7. The summed E-state index contributed by atoms with van der Waals surface area (Å²) >= 11 is 3.25. The van der Waals surface area contributed by atoms with E-state index in [4.69, 9.17) is 4.74 Å². The lowest BCUT2D eigenvalue weighted by Crippen LogP contribution is -2.34. The summed E-state index contributed by atoms with van der Waals surface area (Å²) in [5, 5.41) is 2.86. The summed E-state index contributed by atoms with van der Waals surface area (Å²) in [7, 11) is 0. The highest BCUT2D eigenvalue weighted by atomic mass is 79.9. The molecular weight excluding hydrogens is 477 g/mol. The summed E-state index contributed by atoms with van der Waals surface area (Å²) in [5.41, 5.74) is 1.78. The van der Waals surface area contributed by atoms with Gasteiger partial charge in [-0.25, -0.2) is 9.37 Å². The van der Waals surface area contributed by atoms with Gasteiger partial charge in [0.1, 0.15) is 17.1 Å². The topological polar surface area (TPSA) is 71.5 Å². The van der Waals surface area contributed by atoms with E-state index in [9.17, 15) is 14.0 Å². The number of hydrogen-bond donors (Lipinski definition) is 1. The Morgan fingerprint density at radius 1 is 1.16 bits per heavy atom. The first-order valence-corrected chi connectivity index (χ1v) is 11.0. The van der Waals surface area contributed by atoms with Gasteiger partial charge in [-0.15, -0.1) is 0 Å². The molecule has 0 aliphatic carbocycles. The quantitative estimate of drug-likeness (QED) is 0.485. The molecule has 1 aromatic heterocycles. The van der Waals surface area contributed by atoms with Crippen LogP contribution in [0.15, 0.2) is 65.3 Å². The van der Waals surface area contributed by atoms with Crippen molar-refractivity contribution < 1.29 is 18.7 Å². The van der Waals surface area contributed by atoms with E-state index >= 15 is 0 Å². The van der Waals surface area contributed by atoms with Crippen molar-refractivity contribution in [2.24, 2.45) is 0 Å². The number of carbonyl (C=O) groups excluding carboxylic acids is 2. The van der Waals surface area contributed by atoms with E-state index in [-0.39, 0.29) is 17.4 Å². The number of nitrogens with zero attached hydrogens (tertiary/aromatic N) is 2. The van der Waals surface area contributed by atoms with E-state index < -0.39 is 11.7 Å². The lowest BCUT2D eigenvalue weighted by atomic mass is 10.1. The van der Waals surface area contributed by atoms with Crippen molar-refractivity contribution >= 4 is 33.4 Å². The average molecular weight is 498 g/mol. The molecule has 3 aromatic rings. The molecule has 0 saturated carbocycles. The van der Waals surface area contributed by atoms with Gasteiger partial charge in [0.05, 0.1) is 4.47 Å². The number of amides is 2. The predicted octanol–water partition coefficient (Wildman–Crippen LogP) is 5.54. The van der Waals surface area contributed by atoms with E-state index in [2.05, 4.69) is 26.2 Å². The first-order chi connectivity index (χ1) is 15.5. The zero-order chi connectivity index (χ0) is 22.5. The molecule has 6 nitrogen and oxygen atoms in total. The highest BCUT2D eigenvalue weighted by Crippen LogP contribution is 2.31. The van der Waals surface area contributed by atoms with Crippen LogP contribution in [0, 0.1) is 5.82 Å². The van der Waals surface area contributed by atoms with Crippen molar-refractivity contribution in [3.8, 4) is 11.6 Å². The van der Waals surface area contributed by atoms with Gasteiger partial charge in [-0.3, -0.25) is 9.59 Å². The van der Waals surface area contributed by atoms with E-state index in [0.29, 0.717) is 28.9 Å². The second-order valence-electron chi connectivity index (χ2n) is 7.46. The molecule has 1 aliphatic rings. The second-order valence-corrected chi connectivity index (χ2v) is 8.31. The summed E-state index contributed by atoms with van der Waals surface area (Å²) in [4.78, 5) is 31.0. The van der Waals surface area contributed by atoms with E-state index in [1.165, 1.54) is 24.4 Å². The number of halogens is 2. The molecule has 2 aromatic carbocycles. The zero-order valence-electron chi connectivity index (χ0n) is 17.2. The Bertz CT molecular complexity index is 1150. The highest BCUT2D eigenvalue weighted by molar-refractivity contribution is 9.10. The van der Waals surface area contributed by atoms with Gasteiger partial charge in [0.15, 0.2) is 0 Å². The monoisotopic (exact) mass is 497 g/mol. The van der Waals surface area contributed by atoms with Crippen LogP contribution in [0.3, 0.4) is 0 Å². The molecule has 0 unspecified atom stereocenters. The Morgan fingerprint density at radius 3 is 2.84 bits per heavy atom. The number of likely N-dealkylation sites (tertiary alicyclic amines) is 1. The summed E-state index contributed by atoms with van der Waals surface area (Å²) in [5.74, 6) is -0.193. The van der Waals surface area contributed by atoms with Crippen LogP contribution < -0.4 is 10.1 Å². The fraction of sp³-hybridized carbons (Fsp3) is 0.208. The molecule has 32 heavy (non-hydrogen) atoms. The van der Waals surface area contributed by atoms with Crippen molar-refractivity contribution in [3.63, 3.8) is 0 Å². The second kappa shape index (κ2) is 9.91. The molecule has 0 radical (unpaired) electrons. The molecule has 0 bridgehead atoms. The van der Waals surface area contributed by atoms with Gasteiger partial charge < -0.3 is 15.0 Å². The molecule has 0 spiro atoms. The van der Waals surface area contributed by atoms with Crippen LogP contribution in [-0.4, -0.2) is 28.2 Å². The number of rotatable bonds is 6. The van der Waals surface area contributed by atoms with Crippen LogP contribution in [0.2, 0.25) is 0 Å².